The summed E-state index contributed by atoms with van der Waals surface area (Å²) >= 11 is 1.86. The summed E-state index contributed by atoms with van der Waals surface area (Å²) in [4.78, 5) is 0. The number of hydrogen-bond donors (Lipinski definition) is 0. The molecular formula is C24H18S. The van der Waals surface area contributed by atoms with Gasteiger partial charge >= 0.3 is 0 Å². The van der Waals surface area contributed by atoms with E-state index in [1.54, 1.807) is 0 Å². The van der Waals surface area contributed by atoms with Gasteiger partial charge in [-0.3, -0.25) is 0 Å². The number of rotatable bonds is 1. The van der Waals surface area contributed by atoms with Crippen molar-refractivity contribution in [2.24, 2.45) is 0 Å². The monoisotopic (exact) mass is 338 g/mol. The van der Waals surface area contributed by atoms with Gasteiger partial charge in [0.05, 0.1) is 0 Å². The van der Waals surface area contributed by atoms with Crippen LogP contribution in [0.25, 0.3) is 20.2 Å². The zero-order valence-electron chi connectivity index (χ0n) is 14.1. The molecule has 1 heteroatoms. The van der Waals surface area contributed by atoms with Crippen LogP contribution in [0, 0.1) is 24.7 Å². The summed E-state index contributed by atoms with van der Waals surface area (Å²) in [6.45, 7) is 2.07. The molecule has 0 aliphatic rings. The van der Waals surface area contributed by atoms with E-state index >= 15 is 0 Å². The molecule has 0 bridgehead atoms. The molecule has 0 spiro atoms. The average molecular weight is 338 g/mol. The van der Waals surface area contributed by atoms with Crippen LogP contribution in [0.4, 0.5) is 0 Å². The third-order valence-corrected chi connectivity index (χ3v) is 5.24. The molecule has 1 aromatic heterocycles. The van der Waals surface area contributed by atoms with Crippen molar-refractivity contribution in [1.82, 2.24) is 0 Å². The second-order valence-electron chi connectivity index (χ2n) is 5.61. The van der Waals surface area contributed by atoms with Crippen molar-refractivity contribution >= 4 is 31.5 Å². The minimum atomic E-state index is 0.894. The lowest BCUT2D eigenvalue weighted by Gasteiger charge is -2.01. The van der Waals surface area contributed by atoms with Crippen molar-refractivity contribution in [3.8, 4) is 24.7 Å². The lowest BCUT2D eigenvalue weighted by Crippen LogP contribution is -1.88. The maximum atomic E-state index is 5.32. The van der Waals surface area contributed by atoms with Crippen molar-refractivity contribution in [2.75, 3.05) is 0 Å². The van der Waals surface area contributed by atoms with E-state index in [4.69, 9.17) is 12.8 Å². The van der Waals surface area contributed by atoms with Crippen molar-refractivity contribution in [3.05, 3.63) is 83.4 Å². The SMILES string of the molecule is C#Cc1ccc(C#C)c(CC)c1.c1ccc2c(c1)sc1ccccc12. The summed E-state index contributed by atoms with van der Waals surface area (Å²) in [6, 6.07) is 22.9. The summed E-state index contributed by atoms with van der Waals surface area (Å²) in [5, 5.41) is 2.76. The number of hydrogen-bond acceptors (Lipinski definition) is 1. The van der Waals surface area contributed by atoms with Gasteiger partial charge in [0.1, 0.15) is 0 Å². The Balaban J connectivity index is 0.000000147. The summed E-state index contributed by atoms with van der Waals surface area (Å²) in [7, 11) is 0. The molecule has 0 atom stereocenters. The Morgan fingerprint density at radius 2 is 1.40 bits per heavy atom. The van der Waals surface area contributed by atoms with Crippen LogP contribution >= 0.6 is 11.3 Å². The molecule has 0 aliphatic heterocycles. The molecule has 4 rings (SSSR count). The van der Waals surface area contributed by atoms with Crippen LogP contribution in [0.5, 0.6) is 0 Å². The van der Waals surface area contributed by atoms with Gasteiger partial charge in [0.2, 0.25) is 0 Å². The first kappa shape index (κ1) is 16.8. The maximum absolute atomic E-state index is 5.32. The molecule has 0 N–H and O–H groups in total. The molecule has 0 amide bonds. The molecule has 120 valence electrons. The fourth-order valence-electron chi connectivity index (χ4n) is 2.79. The van der Waals surface area contributed by atoms with Crippen molar-refractivity contribution in [3.63, 3.8) is 0 Å². The highest BCUT2D eigenvalue weighted by Gasteiger charge is 2.01. The first-order valence-electron chi connectivity index (χ1n) is 8.19. The molecule has 0 fully saturated rings. The highest BCUT2D eigenvalue weighted by Crippen LogP contribution is 2.32. The summed E-state index contributed by atoms with van der Waals surface area (Å²) in [5.41, 5.74) is 2.98. The normalized spacial score (nSPS) is 9.88. The Morgan fingerprint density at radius 1 is 0.800 bits per heavy atom. The first-order chi connectivity index (χ1) is 12.3. The van der Waals surface area contributed by atoms with Gasteiger partial charge in [0, 0.05) is 31.3 Å². The fraction of sp³-hybridized carbons (Fsp3) is 0.0833. The summed E-state index contributed by atoms with van der Waals surface area (Å²) in [6.07, 6.45) is 11.5. The van der Waals surface area contributed by atoms with E-state index in [2.05, 4.69) is 67.3 Å². The van der Waals surface area contributed by atoms with E-state index in [0.29, 0.717) is 0 Å². The van der Waals surface area contributed by atoms with Gasteiger partial charge in [0.25, 0.3) is 0 Å². The average Bonchev–Trinajstić information content (AvgIpc) is 3.06. The van der Waals surface area contributed by atoms with E-state index in [9.17, 15) is 0 Å². The van der Waals surface area contributed by atoms with E-state index < -0.39 is 0 Å². The van der Waals surface area contributed by atoms with Crippen LogP contribution in [0.1, 0.15) is 23.6 Å². The molecule has 4 aromatic rings. The zero-order chi connectivity index (χ0) is 17.6. The Bertz CT molecular complexity index is 1050. The van der Waals surface area contributed by atoms with Crippen molar-refractivity contribution in [1.29, 1.82) is 0 Å². The number of thiophene rings is 1. The highest BCUT2D eigenvalue weighted by molar-refractivity contribution is 7.25. The molecule has 0 unspecified atom stereocenters. The molecule has 0 aliphatic carbocycles. The van der Waals surface area contributed by atoms with Crippen LogP contribution in [-0.4, -0.2) is 0 Å². The highest BCUT2D eigenvalue weighted by atomic mass is 32.1. The third-order valence-electron chi connectivity index (χ3n) is 4.09. The largest absolute Gasteiger partial charge is 0.135 e. The van der Waals surface area contributed by atoms with Crippen LogP contribution in [0.15, 0.2) is 66.7 Å². The first-order valence-corrected chi connectivity index (χ1v) is 9.01. The molecule has 0 saturated carbocycles. The zero-order valence-corrected chi connectivity index (χ0v) is 14.9. The van der Waals surface area contributed by atoms with Crippen LogP contribution in [0.2, 0.25) is 0 Å². The topological polar surface area (TPSA) is 0 Å². The second kappa shape index (κ2) is 7.71. The Morgan fingerprint density at radius 3 is 1.92 bits per heavy atom. The summed E-state index contributed by atoms with van der Waals surface area (Å²) in [5.74, 6) is 5.21. The maximum Gasteiger partial charge on any atom is 0.0355 e. The van der Waals surface area contributed by atoms with Crippen LogP contribution in [0.3, 0.4) is 0 Å². The van der Waals surface area contributed by atoms with Crippen molar-refractivity contribution < 1.29 is 0 Å². The molecule has 1 heterocycles. The fourth-order valence-corrected chi connectivity index (χ4v) is 3.90. The number of aryl methyl sites for hydroxylation is 1. The molecule has 25 heavy (non-hydrogen) atoms. The predicted octanol–water partition coefficient (Wildman–Crippen LogP) is 6.27. The molecule has 0 nitrogen and oxygen atoms in total. The van der Waals surface area contributed by atoms with Crippen LogP contribution < -0.4 is 0 Å². The Kier molecular flexibility index (Phi) is 5.20. The van der Waals surface area contributed by atoms with Gasteiger partial charge in [-0.15, -0.1) is 24.2 Å². The quantitative estimate of drug-likeness (QED) is 0.359. The number of benzene rings is 3. The predicted molar refractivity (Wildman–Crippen MR) is 111 cm³/mol. The lowest BCUT2D eigenvalue weighted by molar-refractivity contribution is 1.13. The Hall–Kier alpha value is -3.00. The Labute approximate surface area is 153 Å². The standard InChI is InChI=1S/C12H8S.C12H10/c1-3-7-11-9(5-1)10-6-2-4-8-12(10)13-11;1-4-10-7-8-11(5-2)12(6-3)9-10/h1-8H;1-2,7-9H,6H2,3H3. The number of terminal acetylenes is 2. The minimum absolute atomic E-state index is 0.894. The van der Waals surface area contributed by atoms with Gasteiger partial charge in [0.15, 0.2) is 0 Å². The van der Waals surface area contributed by atoms with E-state index in [1.807, 2.05) is 29.5 Å². The van der Waals surface area contributed by atoms with Gasteiger partial charge in [-0.2, -0.15) is 0 Å². The summed E-state index contributed by atoms with van der Waals surface area (Å²) < 4.78 is 2.76. The van der Waals surface area contributed by atoms with Gasteiger partial charge in [-0.25, -0.2) is 0 Å². The van der Waals surface area contributed by atoms with Gasteiger partial charge < -0.3 is 0 Å². The molecular weight excluding hydrogens is 320 g/mol. The van der Waals surface area contributed by atoms with Crippen LogP contribution in [-0.2, 0) is 6.42 Å². The van der Waals surface area contributed by atoms with E-state index in [-0.39, 0.29) is 0 Å². The molecule has 0 saturated heterocycles. The smallest absolute Gasteiger partial charge is 0.0355 e. The number of fused-ring (bicyclic) bond motifs is 3. The third kappa shape index (κ3) is 3.58. The second-order valence-corrected chi connectivity index (χ2v) is 6.69. The lowest BCUT2D eigenvalue weighted by atomic mass is 10.0. The van der Waals surface area contributed by atoms with E-state index in [0.717, 1.165) is 23.1 Å². The van der Waals surface area contributed by atoms with Crippen molar-refractivity contribution in [2.45, 2.75) is 13.3 Å². The molecule has 0 radical (unpaired) electrons. The molecule has 3 aromatic carbocycles. The van der Waals surface area contributed by atoms with E-state index in [1.165, 1.54) is 20.2 Å². The minimum Gasteiger partial charge on any atom is -0.135 e. The van der Waals surface area contributed by atoms with Gasteiger partial charge in [-0.05, 0) is 42.3 Å². The van der Waals surface area contributed by atoms with Gasteiger partial charge in [-0.1, -0.05) is 55.2 Å².